The molecular weight excluding hydrogens is 274 g/mol. The Labute approximate surface area is 125 Å². The van der Waals surface area contributed by atoms with Gasteiger partial charge in [0, 0.05) is 37.2 Å². The number of rotatable bonds is 3. The van der Waals surface area contributed by atoms with Gasteiger partial charge in [-0.05, 0) is 32.4 Å². The Morgan fingerprint density at radius 1 is 1.45 bits per heavy atom. The van der Waals surface area contributed by atoms with Crippen molar-refractivity contribution in [1.29, 1.82) is 0 Å². The number of nitrogens with two attached hydrogens (primary N) is 1. The summed E-state index contributed by atoms with van der Waals surface area (Å²) in [7, 11) is 0. The molecule has 110 valence electrons. The van der Waals surface area contributed by atoms with E-state index in [1.165, 1.54) is 19.3 Å². The number of fused-ring (bicyclic) bond motifs is 1. The van der Waals surface area contributed by atoms with Crippen LogP contribution in [0.4, 0.5) is 0 Å². The topological polar surface area (TPSA) is 59.5 Å². The molecule has 1 aliphatic heterocycles. The lowest BCUT2D eigenvalue weighted by atomic mass is 9.97. The molecule has 2 N–H and O–H groups in total. The molecule has 1 aliphatic rings. The van der Waals surface area contributed by atoms with Crippen molar-refractivity contribution in [2.45, 2.75) is 44.8 Å². The molecule has 0 bridgehead atoms. The fourth-order valence-electron chi connectivity index (χ4n) is 2.97. The molecule has 2 unspecified atom stereocenters. The third-order valence-corrected chi connectivity index (χ3v) is 3.92. The fourth-order valence-corrected chi connectivity index (χ4v) is 2.97. The monoisotopic (exact) mass is 295 g/mol. The second kappa shape index (κ2) is 6.52. The van der Waals surface area contributed by atoms with E-state index in [0.717, 1.165) is 24.6 Å². The van der Waals surface area contributed by atoms with Crippen LogP contribution >= 0.6 is 12.4 Å². The molecule has 0 radical (unpaired) electrons. The zero-order chi connectivity index (χ0) is 13.2. The standard InChI is InChI=1S/C14H21N5.ClH/c1-11(15)13-5-2-3-7-18(13)9-12-10-19-8-4-6-16-14(19)17-12;/h4,6,8,10-11,13H,2-3,5,7,9,15H2,1H3;1H. The van der Waals surface area contributed by atoms with Crippen molar-refractivity contribution in [2.75, 3.05) is 6.54 Å². The Bertz CT molecular complexity index is 520. The lowest BCUT2D eigenvalue weighted by molar-refractivity contribution is 0.121. The predicted molar refractivity (Wildman–Crippen MR) is 81.9 cm³/mol. The van der Waals surface area contributed by atoms with Gasteiger partial charge in [-0.2, -0.15) is 0 Å². The summed E-state index contributed by atoms with van der Waals surface area (Å²) < 4.78 is 1.97. The van der Waals surface area contributed by atoms with Crippen molar-refractivity contribution >= 4 is 18.2 Å². The normalized spacial score (nSPS) is 21.6. The predicted octanol–water partition coefficient (Wildman–Crippen LogP) is 1.85. The minimum Gasteiger partial charge on any atom is -0.327 e. The molecule has 0 aromatic carbocycles. The number of aromatic nitrogens is 3. The number of likely N-dealkylation sites (tertiary alicyclic amines) is 1. The van der Waals surface area contributed by atoms with E-state index in [2.05, 4.69) is 28.0 Å². The number of hydrogen-bond donors (Lipinski definition) is 1. The first-order chi connectivity index (χ1) is 9.24. The van der Waals surface area contributed by atoms with Crippen molar-refractivity contribution in [3.8, 4) is 0 Å². The summed E-state index contributed by atoms with van der Waals surface area (Å²) in [4.78, 5) is 11.3. The van der Waals surface area contributed by atoms with Crippen molar-refractivity contribution < 1.29 is 0 Å². The molecule has 3 heterocycles. The summed E-state index contributed by atoms with van der Waals surface area (Å²) in [6.07, 6.45) is 9.57. The van der Waals surface area contributed by atoms with Crippen LogP contribution in [0.15, 0.2) is 24.7 Å². The van der Waals surface area contributed by atoms with E-state index in [1.807, 2.05) is 16.7 Å². The van der Waals surface area contributed by atoms with Gasteiger partial charge in [0.15, 0.2) is 0 Å². The quantitative estimate of drug-likeness (QED) is 0.939. The molecule has 2 atom stereocenters. The zero-order valence-corrected chi connectivity index (χ0v) is 12.6. The second-order valence-electron chi connectivity index (χ2n) is 5.45. The Kier molecular flexibility index (Phi) is 4.96. The van der Waals surface area contributed by atoms with Gasteiger partial charge in [-0.15, -0.1) is 12.4 Å². The maximum Gasteiger partial charge on any atom is 0.233 e. The van der Waals surface area contributed by atoms with Gasteiger partial charge >= 0.3 is 0 Å². The third-order valence-electron chi connectivity index (χ3n) is 3.92. The van der Waals surface area contributed by atoms with E-state index >= 15 is 0 Å². The van der Waals surface area contributed by atoms with Crippen LogP contribution in [0.25, 0.3) is 5.78 Å². The van der Waals surface area contributed by atoms with Gasteiger partial charge < -0.3 is 5.73 Å². The van der Waals surface area contributed by atoms with Gasteiger partial charge in [-0.25, -0.2) is 9.97 Å². The van der Waals surface area contributed by atoms with E-state index < -0.39 is 0 Å². The first-order valence-corrected chi connectivity index (χ1v) is 7.02. The van der Waals surface area contributed by atoms with E-state index in [9.17, 15) is 0 Å². The Morgan fingerprint density at radius 3 is 3.05 bits per heavy atom. The Balaban J connectivity index is 0.00000147. The molecule has 0 aliphatic carbocycles. The molecule has 0 amide bonds. The minimum atomic E-state index is 0. The molecular formula is C14H22ClN5. The minimum absolute atomic E-state index is 0. The largest absolute Gasteiger partial charge is 0.327 e. The molecule has 0 spiro atoms. The summed E-state index contributed by atoms with van der Waals surface area (Å²) in [5.41, 5.74) is 7.18. The first kappa shape index (κ1) is 15.2. The summed E-state index contributed by atoms with van der Waals surface area (Å²) >= 11 is 0. The summed E-state index contributed by atoms with van der Waals surface area (Å²) in [5.74, 6) is 0.770. The SMILES string of the molecule is CC(N)C1CCCCN1Cc1cn2cccnc2n1.Cl. The van der Waals surface area contributed by atoms with Crippen molar-refractivity contribution in [1.82, 2.24) is 19.3 Å². The smallest absolute Gasteiger partial charge is 0.233 e. The van der Waals surface area contributed by atoms with E-state index in [-0.39, 0.29) is 18.4 Å². The summed E-state index contributed by atoms with van der Waals surface area (Å²) in [5, 5.41) is 0. The second-order valence-corrected chi connectivity index (χ2v) is 5.45. The number of imidazole rings is 1. The van der Waals surface area contributed by atoms with Crippen LogP contribution in [0.1, 0.15) is 31.9 Å². The van der Waals surface area contributed by atoms with Gasteiger partial charge in [0.25, 0.3) is 0 Å². The fraction of sp³-hybridized carbons (Fsp3) is 0.571. The lowest BCUT2D eigenvalue weighted by Crippen LogP contribution is -2.48. The van der Waals surface area contributed by atoms with Gasteiger partial charge in [0.1, 0.15) is 0 Å². The molecule has 6 heteroatoms. The van der Waals surface area contributed by atoms with Crippen LogP contribution in [-0.4, -0.2) is 37.9 Å². The highest BCUT2D eigenvalue weighted by Gasteiger charge is 2.25. The van der Waals surface area contributed by atoms with Gasteiger partial charge in [-0.1, -0.05) is 6.42 Å². The molecule has 2 aromatic rings. The van der Waals surface area contributed by atoms with Crippen LogP contribution in [0.3, 0.4) is 0 Å². The summed E-state index contributed by atoms with van der Waals surface area (Å²) in [6.45, 7) is 4.09. The highest BCUT2D eigenvalue weighted by Crippen LogP contribution is 2.21. The van der Waals surface area contributed by atoms with Gasteiger partial charge in [0.2, 0.25) is 5.78 Å². The van der Waals surface area contributed by atoms with Crippen LogP contribution in [-0.2, 0) is 6.54 Å². The Morgan fingerprint density at radius 2 is 2.30 bits per heavy atom. The van der Waals surface area contributed by atoms with Crippen molar-refractivity contribution in [2.24, 2.45) is 5.73 Å². The highest BCUT2D eigenvalue weighted by atomic mass is 35.5. The molecule has 0 saturated carbocycles. The van der Waals surface area contributed by atoms with Crippen LogP contribution < -0.4 is 5.73 Å². The molecule has 2 aromatic heterocycles. The van der Waals surface area contributed by atoms with Crippen LogP contribution in [0, 0.1) is 0 Å². The molecule has 5 nitrogen and oxygen atoms in total. The maximum atomic E-state index is 6.11. The van der Waals surface area contributed by atoms with E-state index in [0.29, 0.717) is 6.04 Å². The van der Waals surface area contributed by atoms with Gasteiger partial charge in [-0.3, -0.25) is 9.30 Å². The van der Waals surface area contributed by atoms with Crippen molar-refractivity contribution in [3.63, 3.8) is 0 Å². The zero-order valence-electron chi connectivity index (χ0n) is 11.8. The Hall–Kier alpha value is -1.17. The van der Waals surface area contributed by atoms with E-state index in [1.54, 1.807) is 6.20 Å². The highest BCUT2D eigenvalue weighted by molar-refractivity contribution is 5.85. The van der Waals surface area contributed by atoms with Crippen LogP contribution in [0.2, 0.25) is 0 Å². The first-order valence-electron chi connectivity index (χ1n) is 7.02. The number of hydrogen-bond acceptors (Lipinski definition) is 4. The molecule has 3 rings (SSSR count). The summed E-state index contributed by atoms with van der Waals surface area (Å²) in [6, 6.07) is 2.62. The van der Waals surface area contributed by atoms with E-state index in [4.69, 9.17) is 5.73 Å². The number of nitrogens with zero attached hydrogens (tertiary/aromatic N) is 4. The number of halogens is 1. The lowest BCUT2D eigenvalue weighted by Gasteiger charge is -2.37. The average Bonchev–Trinajstić information content (AvgIpc) is 2.81. The van der Waals surface area contributed by atoms with Crippen molar-refractivity contribution in [3.05, 3.63) is 30.4 Å². The van der Waals surface area contributed by atoms with Gasteiger partial charge in [0.05, 0.1) is 5.69 Å². The molecule has 20 heavy (non-hydrogen) atoms. The maximum absolute atomic E-state index is 6.11. The number of piperidine rings is 1. The van der Waals surface area contributed by atoms with Crippen LogP contribution in [0.5, 0.6) is 0 Å². The third kappa shape index (κ3) is 3.11. The average molecular weight is 296 g/mol. The molecule has 1 saturated heterocycles. The molecule has 1 fully saturated rings.